The molecular formula is C20H30Cl3N3O. The first kappa shape index (κ1) is 22.8. The summed E-state index contributed by atoms with van der Waals surface area (Å²) in [4.78, 5) is 18.2. The monoisotopic (exact) mass is 433 g/mol. The summed E-state index contributed by atoms with van der Waals surface area (Å²) in [6.45, 7) is 10.1. The van der Waals surface area contributed by atoms with Gasteiger partial charge in [0.1, 0.15) is 0 Å². The van der Waals surface area contributed by atoms with Crippen molar-refractivity contribution in [3.8, 4) is 0 Å². The van der Waals surface area contributed by atoms with Crippen molar-refractivity contribution in [3.05, 3.63) is 33.8 Å². The fourth-order valence-corrected chi connectivity index (χ4v) is 4.75. The van der Waals surface area contributed by atoms with Gasteiger partial charge in [0.2, 0.25) is 5.91 Å². The summed E-state index contributed by atoms with van der Waals surface area (Å²) >= 11 is 12.3. The number of benzene rings is 1. The number of nitrogens with one attached hydrogen (secondary N) is 1. The minimum absolute atomic E-state index is 0. The highest BCUT2D eigenvalue weighted by Crippen LogP contribution is 2.38. The molecule has 2 saturated heterocycles. The van der Waals surface area contributed by atoms with Crippen LogP contribution in [0.15, 0.2) is 18.2 Å². The molecule has 0 bridgehead atoms. The molecule has 3 rings (SSSR count). The first-order valence-corrected chi connectivity index (χ1v) is 10.5. The van der Waals surface area contributed by atoms with E-state index in [2.05, 4.69) is 29.0 Å². The van der Waals surface area contributed by atoms with E-state index in [1.807, 2.05) is 12.1 Å². The molecule has 0 spiro atoms. The molecule has 1 aromatic carbocycles. The van der Waals surface area contributed by atoms with Crippen molar-refractivity contribution in [2.45, 2.75) is 44.6 Å². The smallest absolute Gasteiger partial charge is 0.233 e. The molecule has 1 atom stereocenters. The fraction of sp³-hybridized carbons (Fsp3) is 0.650. The molecule has 2 fully saturated rings. The van der Waals surface area contributed by atoms with Crippen LogP contribution in [0.3, 0.4) is 0 Å². The van der Waals surface area contributed by atoms with E-state index in [1.54, 1.807) is 6.07 Å². The number of hydrogen-bond acceptors (Lipinski definition) is 3. The Morgan fingerprint density at radius 3 is 2.41 bits per heavy atom. The highest BCUT2D eigenvalue weighted by Gasteiger charge is 2.42. The van der Waals surface area contributed by atoms with Crippen molar-refractivity contribution in [2.24, 2.45) is 0 Å². The standard InChI is InChI=1S/C20H29Cl2N3O.ClH/c1-3-20(4-2,15-5-6-17(21)18(22)13-15)19(26)25-10-7-16(14-25)24-11-8-23-9-12-24;/h5-6,13,16,23H,3-4,7-12,14H2,1-2H3;1H. The fourth-order valence-electron chi connectivity index (χ4n) is 4.45. The number of nitrogens with zero attached hydrogens (tertiary/aromatic N) is 2. The molecular weight excluding hydrogens is 405 g/mol. The van der Waals surface area contributed by atoms with E-state index in [1.165, 1.54) is 0 Å². The molecule has 4 nitrogen and oxygen atoms in total. The second-order valence-corrected chi connectivity index (χ2v) is 8.21. The molecule has 2 aliphatic rings. The van der Waals surface area contributed by atoms with Crippen molar-refractivity contribution in [2.75, 3.05) is 39.3 Å². The maximum atomic E-state index is 13.6. The van der Waals surface area contributed by atoms with Crippen LogP contribution >= 0.6 is 35.6 Å². The summed E-state index contributed by atoms with van der Waals surface area (Å²) < 4.78 is 0. The topological polar surface area (TPSA) is 35.6 Å². The highest BCUT2D eigenvalue weighted by molar-refractivity contribution is 6.42. The minimum Gasteiger partial charge on any atom is -0.340 e. The van der Waals surface area contributed by atoms with Crippen LogP contribution in [0, 0.1) is 0 Å². The number of amides is 1. The lowest BCUT2D eigenvalue weighted by atomic mass is 9.74. The SMILES string of the molecule is CCC(CC)(C(=O)N1CCC(N2CCNCC2)C1)c1ccc(Cl)c(Cl)c1.Cl. The molecule has 2 heterocycles. The zero-order valence-corrected chi connectivity index (χ0v) is 18.5. The van der Waals surface area contributed by atoms with E-state index in [4.69, 9.17) is 23.2 Å². The predicted octanol–water partition coefficient (Wildman–Crippen LogP) is 3.98. The Morgan fingerprint density at radius 1 is 1.15 bits per heavy atom. The maximum absolute atomic E-state index is 13.6. The summed E-state index contributed by atoms with van der Waals surface area (Å²) in [6.07, 6.45) is 2.58. The van der Waals surface area contributed by atoms with Crippen molar-refractivity contribution < 1.29 is 4.79 Å². The Hall–Kier alpha value is -0.520. The Labute approximate surface area is 179 Å². The van der Waals surface area contributed by atoms with Gasteiger partial charge in [0, 0.05) is 45.3 Å². The van der Waals surface area contributed by atoms with Gasteiger partial charge in [-0.25, -0.2) is 0 Å². The van der Waals surface area contributed by atoms with E-state index in [0.717, 1.165) is 64.1 Å². The van der Waals surface area contributed by atoms with Crippen LogP contribution in [-0.4, -0.2) is 61.0 Å². The molecule has 0 aliphatic carbocycles. The molecule has 1 unspecified atom stereocenters. The molecule has 152 valence electrons. The quantitative estimate of drug-likeness (QED) is 0.761. The Morgan fingerprint density at radius 2 is 1.81 bits per heavy atom. The number of likely N-dealkylation sites (tertiary alicyclic amines) is 1. The maximum Gasteiger partial charge on any atom is 0.233 e. The Bertz CT molecular complexity index is 645. The number of hydrogen-bond donors (Lipinski definition) is 1. The summed E-state index contributed by atoms with van der Waals surface area (Å²) in [5.74, 6) is 0.235. The largest absolute Gasteiger partial charge is 0.340 e. The van der Waals surface area contributed by atoms with Gasteiger partial charge in [0.05, 0.1) is 15.5 Å². The van der Waals surface area contributed by atoms with Gasteiger partial charge in [-0.2, -0.15) is 0 Å². The third-order valence-corrected chi connectivity index (χ3v) is 6.95. The summed E-state index contributed by atoms with van der Waals surface area (Å²) in [6, 6.07) is 6.13. The summed E-state index contributed by atoms with van der Waals surface area (Å²) in [5, 5.41) is 4.45. The molecule has 0 aromatic heterocycles. The van der Waals surface area contributed by atoms with Crippen LogP contribution in [-0.2, 0) is 10.2 Å². The summed E-state index contributed by atoms with van der Waals surface area (Å²) in [7, 11) is 0. The molecule has 0 saturated carbocycles. The lowest BCUT2D eigenvalue weighted by Gasteiger charge is -2.36. The molecule has 1 amide bonds. The number of rotatable bonds is 5. The zero-order valence-electron chi connectivity index (χ0n) is 16.1. The Kier molecular flexibility index (Phi) is 8.26. The number of carbonyl (C=O) groups is 1. The third kappa shape index (κ3) is 4.56. The third-order valence-electron chi connectivity index (χ3n) is 6.21. The van der Waals surface area contributed by atoms with Crippen molar-refractivity contribution in [1.82, 2.24) is 15.1 Å². The van der Waals surface area contributed by atoms with E-state index >= 15 is 0 Å². The molecule has 0 radical (unpaired) electrons. The van der Waals surface area contributed by atoms with Crippen LogP contribution in [0.1, 0.15) is 38.7 Å². The van der Waals surface area contributed by atoms with Crippen LogP contribution in [0.2, 0.25) is 10.0 Å². The molecule has 2 aliphatic heterocycles. The lowest BCUT2D eigenvalue weighted by molar-refractivity contribution is -0.137. The van der Waals surface area contributed by atoms with E-state index < -0.39 is 5.41 Å². The van der Waals surface area contributed by atoms with Gasteiger partial charge >= 0.3 is 0 Å². The van der Waals surface area contributed by atoms with Crippen molar-refractivity contribution in [3.63, 3.8) is 0 Å². The van der Waals surface area contributed by atoms with Gasteiger partial charge in [-0.05, 0) is 37.0 Å². The van der Waals surface area contributed by atoms with Crippen molar-refractivity contribution >= 4 is 41.5 Å². The van der Waals surface area contributed by atoms with Crippen LogP contribution in [0.5, 0.6) is 0 Å². The minimum atomic E-state index is -0.521. The van der Waals surface area contributed by atoms with Crippen molar-refractivity contribution in [1.29, 1.82) is 0 Å². The summed E-state index contributed by atoms with van der Waals surface area (Å²) in [5.41, 5.74) is 0.458. The van der Waals surface area contributed by atoms with E-state index in [-0.39, 0.29) is 18.3 Å². The predicted molar refractivity (Wildman–Crippen MR) is 115 cm³/mol. The zero-order chi connectivity index (χ0) is 18.7. The van der Waals surface area contributed by atoms with Gasteiger partial charge in [-0.1, -0.05) is 43.1 Å². The van der Waals surface area contributed by atoms with E-state index in [0.29, 0.717) is 16.1 Å². The van der Waals surface area contributed by atoms with Crippen LogP contribution in [0.4, 0.5) is 0 Å². The molecule has 27 heavy (non-hydrogen) atoms. The highest BCUT2D eigenvalue weighted by atomic mass is 35.5. The average molecular weight is 435 g/mol. The Balaban J connectivity index is 0.00000261. The first-order valence-electron chi connectivity index (χ1n) is 9.71. The average Bonchev–Trinajstić information content (AvgIpc) is 3.16. The molecule has 7 heteroatoms. The van der Waals surface area contributed by atoms with Crippen LogP contribution < -0.4 is 5.32 Å². The molecule has 1 aromatic rings. The van der Waals surface area contributed by atoms with Gasteiger partial charge < -0.3 is 10.2 Å². The lowest BCUT2D eigenvalue weighted by Crippen LogP contribution is -2.50. The molecule has 1 N–H and O–H groups in total. The second kappa shape index (κ2) is 9.80. The van der Waals surface area contributed by atoms with Gasteiger partial charge in [-0.3, -0.25) is 9.69 Å². The number of halogens is 3. The number of carbonyl (C=O) groups excluding carboxylic acids is 1. The second-order valence-electron chi connectivity index (χ2n) is 7.40. The van der Waals surface area contributed by atoms with E-state index in [9.17, 15) is 4.79 Å². The van der Waals surface area contributed by atoms with Gasteiger partial charge in [0.15, 0.2) is 0 Å². The van der Waals surface area contributed by atoms with Gasteiger partial charge in [-0.15, -0.1) is 12.4 Å². The van der Waals surface area contributed by atoms with Crippen LogP contribution in [0.25, 0.3) is 0 Å². The van der Waals surface area contributed by atoms with Gasteiger partial charge in [0.25, 0.3) is 0 Å². The normalized spacial score (nSPS) is 21.2. The number of piperazine rings is 1. The first-order chi connectivity index (χ1) is 12.5.